The van der Waals surface area contributed by atoms with E-state index in [2.05, 4.69) is 35.5 Å². The molecule has 0 aromatic heterocycles. The van der Waals surface area contributed by atoms with Crippen molar-refractivity contribution in [1.29, 1.82) is 0 Å². The zero-order valence-electron chi connectivity index (χ0n) is 39.5. The van der Waals surface area contributed by atoms with Gasteiger partial charge in [0.25, 0.3) is 0 Å². The second kappa shape index (κ2) is 40.1. The van der Waals surface area contributed by atoms with Gasteiger partial charge in [0.15, 0.2) is 6.29 Å². The van der Waals surface area contributed by atoms with Crippen molar-refractivity contribution in [2.24, 2.45) is 0 Å². The van der Waals surface area contributed by atoms with Crippen LogP contribution in [0.2, 0.25) is 0 Å². The Morgan fingerprint density at radius 2 is 1.03 bits per heavy atom. The number of hydrogen-bond acceptors (Lipinski definition) is 10. The average Bonchev–Trinajstić information content (AvgIpc) is 3.24. The number of hydrogen-bond donors (Lipinski definition) is 6. The van der Waals surface area contributed by atoms with Gasteiger partial charge in [0.2, 0.25) is 5.91 Å². The molecular weight excluding hydrogens is 811 g/mol. The fourth-order valence-corrected chi connectivity index (χ4v) is 8.85. The predicted molar refractivity (Wildman–Crippen MR) is 250 cm³/mol. The highest BCUT2D eigenvalue weighted by atomic mass is 32.3. The van der Waals surface area contributed by atoms with Crippen molar-refractivity contribution in [3.05, 3.63) is 12.2 Å². The van der Waals surface area contributed by atoms with Gasteiger partial charge in [-0.25, -0.2) is 4.18 Å². The van der Waals surface area contributed by atoms with Crippen LogP contribution >= 0.6 is 0 Å². The summed E-state index contributed by atoms with van der Waals surface area (Å²) < 4.78 is 47.6. The maximum absolute atomic E-state index is 13.1. The summed E-state index contributed by atoms with van der Waals surface area (Å²) in [5.74, 6) is -0.231. The van der Waals surface area contributed by atoms with Crippen molar-refractivity contribution in [2.45, 2.75) is 281 Å². The van der Waals surface area contributed by atoms with Gasteiger partial charge in [0.05, 0.1) is 25.4 Å². The van der Waals surface area contributed by atoms with E-state index in [1.54, 1.807) is 0 Å². The van der Waals surface area contributed by atoms with Crippen LogP contribution in [-0.2, 0) is 28.9 Å². The second-order valence-electron chi connectivity index (χ2n) is 18.1. The van der Waals surface area contributed by atoms with Gasteiger partial charge in [-0.1, -0.05) is 206 Å². The summed E-state index contributed by atoms with van der Waals surface area (Å²) in [6, 6.07) is -0.855. The normalized spacial score (nSPS) is 20.5. The summed E-state index contributed by atoms with van der Waals surface area (Å²) in [6.45, 7) is 3.44. The Kier molecular flexibility index (Phi) is 38.1. The lowest BCUT2D eigenvalue weighted by Gasteiger charge is -2.41. The Bertz CT molecular complexity index is 1160. The fraction of sp³-hybridized carbons (Fsp3) is 0.939. The first-order valence-corrected chi connectivity index (χ1v) is 26.9. The number of unbranched alkanes of at least 4 members (excludes halogenated alkanes) is 30. The number of aliphatic hydroxyl groups is 4. The van der Waals surface area contributed by atoms with Crippen LogP contribution in [0.1, 0.15) is 239 Å². The van der Waals surface area contributed by atoms with Crippen LogP contribution in [0.15, 0.2) is 12.2 Å². The molecule has 0 aromatic rings. The minimum Gasteiger partial charge on any atom is -0.394 e. The van der Waals surface area contributed by atoms with Crippen molar-refractivity contribution < 1.29 is 51.8 Å². The van der Waals surface area contributed by atoms with Crippen LogP contribution in [0.3, 0.4) is 0 Å². The van der Waals surface area contributed by atoms with Crippen molar-refractivity contribution >= 4 is 16.3 Å². The number of nitrogens with one attached hydrogen (secondary N) is 1. The number of rotatable bonds is 44. The summed E-state index contributed by atoms with van der Waals surface area (Å²) in [5.41, 5.74) is 0. The van der Waals surface area contributed by atoms with Gasteiger partial charge in [-0.2, -0.15) is 8.42 Å². The Labute approximate surface area is 379 Å². The quantitative estimate of drug-likeness (QED) is 0.0194. The molecule has 1 saturated heterocycles. The maximum atomic E-state index is 13.1. The first-order valence-electron chi connectivity index (χ1n) is 25.6. The van der Waals surface area contributed by atoms with E-state index in [0.717, 1.165) is 44.9 Å². The van der Waals surface area contributed by atoms with Crippen LogP contribution in [0.25, 0.3) is 0 Å². The number of ether oxygens (including phenoxy) is 2. The summed E-state index contributed by atoms with van der Waals surface area (Å²) in [4.78, 5) is 13.1. The molecule has 0 spiro atoms. The van der Waals surface area contributed by atoms with E-state index in [4.69, 9.17) is 9.47 Å². The molecule has 0 bridgehead atoms. The maximum Gasteiger partial charge on any atom is 0.397 e. The van der Waals surface area contributed by atoms with Crippen molar-refractivity contribution in [2.75, 3.05) is 13.2 Å². The highest BCUT2D eigenvalue weighted by molar-refractivity contribution is 7.80. The lowest BCUT2D eigenvalue weighted by atomic mass is 9.99. The summed E-state index contributed by atoms with van der Waals surface area (Å²) in [5, 5.41) is 44.8. The molecule has 1 heterocycles. The van der Waals surface area contributed by atoms with Crippen LogP contribution in [0.4, 0.5) is 0 Å². The molecule has 1 fully saturated rings. The van der Waals surface area contributed by atoms with E-state index >= 15 is 0 Å². The van der Waals surface area contributed by atoms with Gasteiger partial charge in [-0.05, 0) is 38.5 Å². The Hall–Kier alpha value is -1.16. The standard InChI is InChI=1S/C49H95NO11S/c1-3-5-7-9-11-13-15-16-17-18-19-20-21-22-23-24-25-26-27-28-29-31-33-35-37-39-45(53)50-42(43(52)38-36-34-32-30-14-12-10-8-6-4-2)41-59-49-47(55)48(61-62(56,57)58)46(54)44(40-51)60-49/h22-23,42-44,46-49,51-52,54-55H,3-21,24-41H2,1-2H3,(H,50,53)(H,56,57,58)/b23-22-. The molecule has 0 radical (unpaired) electrons. The largest absolute Gasteiger partial charge is 0.397 e. The van der Waals surface area contributed by atoms with Gasteiger partial charge in [-0.3, -0.25) is 9.35 Å². The Morgan fingerprint density at radius 1 is 0.629 bits per heavy atom. The van der Waals surface area contributed by atoms with Crippen LogP contribution in [-0.4, -0.2) is 95.4 Å². The van der Waals surface area contributed by atoms with Crippen LogP contribution in [0, 0.1) is 0 Å². The average molecular weight is 906 g/mol. The first kappa shape index (κ1) is 58.9. The minimum atomic E-state index is -5.07. The highest BCUT2D eigenvalue weighted by Gasteiger charge is 2.48. The van der Waals surface area contributed by atoms with E-state index in [9.17, 15) is 38.2 Å². The molecule has 368 valence electrons. The third-order valence-corrected chi connectivity index (χ3v) is 12.8. The van der Waals surface area contributed by atoms with E-state index in [0.29, 0.717) is 19.3 Å². The van der Waals surface area contributed by atoms with Crippen molar-refractivity contribution in [3.63, 3.8) is 0 Å². The molecule has 0 aromatic carbocycles. The lowest BCUT2D eigenvalue weighted by Crippen LogP contribution is -2.61. The van der Waals surface area contributed by atoms with Crippen molar-refractivity contribution in [1.82, 2.24) is 5.32 Å². The number of aliphatic hydroxyl groups excluding tert-OH is 4. The molecule has 1 aliphatic rings. The third kappa shape index (κ3) is 32.5. The van der Waals surface area contributed by atoms with Gasteiger partial charge in [0, 0.05) is 6.42 Å². The third-order valence-electron chi connectivity index (χ3n) is 12.3. The van der Waals surface area contributed by atoms with Gasteiger partial charge < -0.3 is 35.2 Å². The molecule has 7 atom stereocenters. The van der Waals surface area contributed by atoms with Crippen LogP contribution in [0.5, 0.6) is 0 Å². The summed E-state index contributed by atoms with van der Waals surface area (Å²) in [6.07, 6.45) is 36.6. The molecule has 0 saturated carbocycles. The van der Waals surface area contributed by atoms with E-state index in [1.165, 1.54) is 161 Å². The topological polar surface area (TPSA) is 192 Å². The molecule has 7 unspecified atom stereocenters. The van der Waals surface area contributed by atoms with Gasteiger partial charge >= 0.3 is 10.4 Å². The Morgan fingerprint density at radius 3 is 1.45 bits per heavy atom. The van der Waals surface area contributed by atoms with Gasteiger partial charge in [-0.15, -0.1) is 0 Å². The molecule has 1 amide bonds. The molecule has 1 aliphatic heterocycles. The zero-order chi connectivity index (χ0) is 45.5. The summed E-state index contributed by atoms with van der Waals surface area (Å²) >= 11 is 0. The minimum absolute atomic E-state index is 0.231. The second-order valence-corrected chi connectivity index (χ2v) is 19.2. The lowest BCUT2D eigenvalue weighted by molar-refractivity contribution is -0.298. The van der Waals surface area contributed by atoms with Crippen molar-refractivity contribution in [3.8, 4) is 0 Å². The van der Waals surface area contributed by atoms with Crippen LogP contribution < -0.4 is 5.32 Å². The molecule has 6 N–H and O–H groups in total. The fourth-order valence-electron chi connectivity index (χ4n) is 8.34. The SMILES string of the molecule is CCCCCCCCCCCCCC/C=C\CCCCCCCCCCCC(=O)NC(COC1OC(CO)C(O)C(OS(=O)(=O)O)C1O)C(O)CCCCCCCCCCCC. The predicted octanol–water partition coefficient (Wildman–Crippen LogP) is 10.7. The first-order chi connectivity index (χ1) is 30.0. The number of amides is 1. The van der Waals surface area contributed by atoms with E-state index < -0.39 is 59.9 Å². The smallest absolute Gasteiger partial charge is 0.394 e. The molecular formula is C49H95NO11S. The molecule has 13 heteroatoms. The number of carbonyl (C=O) groups is 1. The van der Waals surface area contributed by atoms with E-state index in [-0.39, 0.29) is 12.5 Å². The Balaban J connectivity index is 2.32. The number of carbonyl (C=O) groups excluding carboxylic acids is 1. The number of allylic oxidation sites excluding steroid dienone is 2. The molecule has 62 heavy (non-hydrogen) atoms. The molecule has 12 nitrogen and oxygen atoms in total. The zero-order valence-corrected chi connectivity index (χ0v) is 40.3. The molecule has 1 rings (SSSR count). The highest BCUT2D eigenvalue weighted by Crippen LogP contribution is 2.26. The van der Waals surface area contributed by atoms with Gasteiger partial charge in [0.1, 0.15) is 24.4 Å². The summed E-state index contributed by atoms with van der Waals surface area (Å²) in [7, 11) is -5.07. The molecule has 0 aliphatic carbocycles. The van der Waals surface area contributed by atoms with E-state index in [1.807, 2.05) is 0 Å². The monoisotopic (exact) mass is 906 g/mol.